The minimum atomic E-state index is -4.72. The average molecular weight is 664 g/mol. The van der Waals surface area contributed by atoms with Crippen LogP contribution in [-0.4, -0.2) is 27.5 Å². The summed E-state index contributed by atoms with van der Waals surface area (Å²) in [6.07, 6.45) is -9.36. The second kappa shape index (κ2) is 11.2. The van der Waals surface area contributed by atoms with Crippen LogP contribution in [0.5, 0.6) is 0 Å². The second-order valence-corrected chi connectivity index (χ2v) is 12.4. The summed E-state index contributed by atoms with van der Waals surface area (Å²) in [7, 11) is 0. The standard InChI is InChI=1S/C30H19F6N3O4S2/c31-29(32,33)16-8-4-10-18(12-16)37-20(40)14-38-27-24(45-28(38)43)21(15-6-2-1-3-7-15)22-23(44-27)26(42)39(25(22)41)19-11-5-9-17(13-19)30(34,35)36/h1-13,21-23H,14H2,(H,37,40). The largest absolute Gasteiger partial charge is 0.416 e. The number of anilines is 2. The molecule has 3 amide bonds. The minimum absolute atomic E-state index is 0.143. The van der Waals surface area contributed by atoms with Crippen molar-refractivity contribution in [3.8, 4) is 0 Å². The monoisotopic (exact) mass is 663 g/mol. The molecule has 0 radical (unpaired) electrons. The third-order valence-electron chi connectivity index (χ3n) is 7.42. The number of hydrogen-bond acceptors (Lipinski definition) is 6. The number of aromatic nitrogens is 1. The fourth-order valence-corrected chi connectivity index (χ4v) is 8.24. The quantitative estimate of drug-likeness (QED) is 0.198. The lowest BCUT2D eigenvalue weighted by Crippen LogP contribution is -2.33. The van der Waals surface area contributed by atoms with Gasteiger partial charge in [0.05, 0.1) is 27.8 Å². The summed E-state index contributed by atoms with van der Waals surface area (Å²) in [6.45, 7) is -0.605. The zero-order chi connectivity index (χ0) is 32.3. The number of hydrogen-bond donors (Lipinski definition) is 1. The molecule has 7 nitrogen and oxygen atoms in total. The number of nitrogens with zero attached hydrogens (tertiary/aromatic N) is 2. The molecular formula is C30H19F6N3O4S2. The highest BCUT2D eigenvalue weighted by molar-refractivity contribution is 8.00. The molecule has 1 aromatic heterocycles. The number of imide groups is 1. The van der Waals surface area contributed by atoms with Gasteiger partial charge in [0.2, 0.25) is 17.7 Å². The van der Waals surface area contributed by atoms with Crippen LogP contribution >= 0.6 is 23.1 Å². The van der Waals surface area contributed by atoms with Gasteiger partial charge in [0.25, 0.3) is 0 Å². The van der Waals surface area contributed by atoms with Gasteiger partial charge in [-0.25, -0.2) is 4.90 Å². The van der Waals surface area contributed by atoms with Crippen LogP contribution in [0, 0.1) is 5.92 Å². The number of benzene rings is 3. The first-order valence-corrected chi connectivity index (χ1v) is 14.9. The number of thiazole rings is 1. The molecule has 2 aliphatic heterocycles. The van der Waals surface area contributed by atoms with Gasteiger partial charge in [-0.1, -0.05) is 65.6 Å². The number of carbonyl (C=O) groups is 3. The Labute approximate surface area is 258 Å². The topological polar surface area (TPSA) is 88.5 Å². The Kier molecular flexibility index (Phi) is 7.64. The van der Waals surface area contributed by atoms with E-state index in [9.17, 15) is 45.5 Å². The molecule has 1 N–H and O–H groups in total. The van der Waals surface area contributed by atoms with Gasteiger partial charge in [-0.15, -0.1) is 0 Å². The zero-order valence-corrected chi connectivity index (χ0v) is 24.2. The van der Waals surface area contributed by atoms with Crippen molar-refractivity contribution in [3.05, 3.63) is 110 Å². The molecule has 0 saturated carbocycles. The highest BCUT2D eigenvalue weighted by Gasteiger charge is 2.57. The second-order valence-electron chi connectivity index (χ2n) is 10.3. The van der Waals surface area contributed by atoms with Crippen molar-refractivity contribution in [1.29, 1.82) is 0 Å². The maximum atomic E-state index is 13.9. The van der Waals surface area contributed by atoms with Crippen LogP contribution < -0.4 is 15.1 Å². The fourth-order valence-electron chi connectivity index (χ4n) is 5.47. The maximum Gasteiger partial charge on any atom is 0.416 e. The van der Waals surface area contributed by atoms with Crippen molar-refractivity contribution in [3.63, 3.8) is 0 Å². The van der Waals surface area contributed by atoms with Crippen LogP contribution in [0.1, 0.15) is 27.5 Å². The molecule has 0 spiro atoms. The average Bonchev–Trinajstić information content (AvgIpc) is 3.43. The predicted molar refractivity (Wildman–Crippen MR) is 154 cm³/mol. The first-order valence-electron chi connectivity index (χ1n) is 13.2. The highest BCUT2D eigenvalue weighted by Crippen LogP contribution is 2.54. The first kappa shape index (κ1) is 30.6. The van der Waals surface area contributed by atoms with E-state index in [1.54, 1.807) is 30.3 Å². The van der Waals surface area contributed by atoms with Gasteiger partial charge < -0.3 is 5.32 Å². The molecule has 1 fully saturated rings. The Morgan fingerprint density at radius 1 is 0.800 bits per heavy atom. The van der Waals surface area contributed by atoms with Crippen molar-refractivity contribution >= 4 is 52.2 Å². The smallest absolute Gasteiger partial charge is 0.325 e. The lowest BCUT2D eigenvalue weighted by molar-refractivity contribution is -0.138. The van der Waals surface area contributed by atoms with Crippen LogP contribution in [0.2, 0.25) is 0 Å². The molecule has 3 aromatic carbocycles. The number of carbonyl (C=O) groups excluding carboxylic acids is 3. The molecule has 3 atom stereocenters. The molecule has 15 heteroatoms. The van der Waals surface area contributed by atoms with Crippen molar-refractivity contribution in [2.75, 3.05) is 10.2 Å². The minimum Gasteiger partial charge on any atom is -0.325 e. The number of amides is 3. The van der Waals surface area contributed by atoms with E-state index in [1.807, 2.05) is 0 Å². The summed E-state index contributed by atoms with van der Waals surface area (Å²) in [4.78, 5) is 54.3. The van der Waals surface area contributed by atoms with Gasteiger partial charge in [-0.2, -0.15) is 26.3 Å². The van der Waals surface area contributed by atoms with Gasteiger partial charge in [-0.05, 0) is 42.0 Å². The summed E-state index contributed by atoms with van der Waals surface area (Å²) < 4.78 is 80.9. The third kappa shape index (κ3) is 5.65. The molecule has 4 aromatic rings. The molecule has 2 aliphatic rings. The van der Waals surface area contributed by atoms with Crippen LogP contribution in [0.4, 0.5) is 37.7 Å². The summed E-state index contributed by atoms with van der Waals surface area (Å²) >= 11 is 1.61. The normalized spacial score (nSPS) is 19.8. The Morgan fingerprint density at radius 3 is 2.11 bits per heavy atom. The number of nitrogens with one attached hydrogen (secondary N) is 1. The molecule has 1 saturated heterocycles. The molecule has 0 bridgehead atoms. The van der Waals surface area contributed by atoms with Crippen LogP contribution in [0.25, 0.3) is 0 Å². The van der Waals surface area contributed by atoms with Gasteiger partial charge in [0, 0.05) is 16.5 Å². The number of thioether (sulfide) groups is 1. The number of fused-ring (bicyclic) bond motifs is 2. The molecule has 45 heavy (non-hydrogen) atoms. The molecular weight excluding hydrogens is 644 g/mol. The van der Waals surface area contributed by atoms with Crippen molar-refractivity contribution < 1.29 is 40.7 Å². The summed E-state index contributed by atoms with van der Waals surface area (Å²) in [6, 6.07) is 16.3. The van der Waals surface area contributed by atoms with Crippen LogP contribution in [-0.2, 0) is 33.3 Å². The predicted octanol–water partition coefficient (Wildman–Crippen LogP) is 6.38. The fraction of sp³-hybridized carbons (Fsp3) is 0.200. The summed E-state index contributed by atoms with van der Waals surface area (Å²) in [5.74, 6) is -4.23. The van der Waals surface area contributed by atoms with E-state index in [0.717, 1.165) is 69.0 Å². The van der Waals surface area contributed by atoms with Gasteiger partial charge in [0.1, 0.15) is 11.8 Å². The Hall–Kier alpha value is -4.37. The van der Waals surface area contributed by atoms with E-state index >= 15 is 0 Å². The number of alkyl halides is 6. The Balaban J connectivity index is 1.37. The van der Waals surface area contributed by atoms with E-state index < -0.39 is 69.7 Å². The van der Waals surface area contributed by atoms with Crippen molar-refractivity contribution in [2.24, 2.45) is 5.92 Å². The summed E-state index contributed by atoms with van der Waals surface area (Å²) in [5.41, 5.74) is -1.84. The van der Waals surface area contributed by atoms with Crippen LogP contribution in [0.15, 0.2) is 88.7 Å². The van der Waals surface area contributed by atoms with E-state index in [-0.39, 0.29) is 16.4 Å². The maximum absolute atomic E-state index is 13.9. The van der Waals surface area contributed by atoms with E-state index in [4.69, 9.17) is 0 Å². The lowest BCUT2D eigenvalue weighted by Gasteiger charge is -2.30. The van der Waals surface area contributed by atoms with Crippen molar-refractivity contribution in [2.45, 2.75) is 35.1 Å². The van der Waals surface area contributed by atoms with Crippen LogP contribution in [0.3, 0.4) is 0 Å². The zero-order valence-electron chi connectivity index (χ0n) is 22.6. The Bertz CT molecular complexity index is 1890. The molecule has 3 heterocycles. The van der Waals surface area contributed by atoms with Crippen molar-refractivity contribution in [1.82, 2.24) is 4.57 Å². The first-order chi connectivity index (χ1) is 21.2. The molecule has 232 valence electrons. The third-order valence-corrected chi connectivity index (χ3v) is 10.0. The lowest BCUT2D eigenvalue weighted by atomic mass is 9.83. The van der Waals surface area contributed by atoms with Gasteiger partial charge in [0.15, 0.2) is 0 Å². The van der Waals surface area contributed by atoms with E-state index in [1.165, 1.54) is 12.1 Å². The van der Waals surface area contributed by atoms with Gasteiger partial charge in [-0.3, -0.25) is 23.7 Å². The van der Waals surface area contributed by atoms with E-state index in [2.05, 4.69) is 5.32 Å². The highest BCUT2D eigenvalue weighted by atomic mass is 32.2. The summed E-state index contributed by atoms with van der Waals surface area (Å²) in [5, 5.41) is 1.43. The molecule has 0 aliphatic carbocycles. The molecule has 3 unspecified atom stereocenters. The Morgan fingerprint density at radius 2 is 1.44 bits per heavy atom. The number of halogens is 6. The SMILES string of the molecule is O=C(Cn1c2c(sc1=O)C(c1ccccc1)C1C(=O)N(c3cccc(C(F)(F)F)c3)C(=O)C1S2)Nc1cccc(C(F)(F)F)c1. The molecule has 6 rings (SSSR count). The van der Waals surface area contributed by atoms with Gasteiger partial charge >= 0.3 is 17.2 Å². The van der Waals surface area contributed by atoms with E-state index in [0.29, 0.717) is 10.4 Å². The number of rotatable bonds is 5.